The normalized spacial score (nSPS) is 10.6. The highest BCUT2D eigenvalue weighted by Crippen LogP contribution is 2.18. The lowest BCUT2D eigenvalue weighted by Gasteiger charge is -2.06. The van der Waals surface area contributed by atoms with Crippen molar-refractivity contribution in [3.8, 4) is 0 Å². The van der Waals surface area contributed by atoms with Gasteiger partial charge in [0.2, 0.25) is 0 Å². The van der Waals surface area contributed by atoms with Crippen molar-refractivity contribution in [2.75, 3.05) is 10.6 Å². The van der Waals surface area contributed by atoms with Crippen molar-refractivity contribution in [2.24, 2.45) is 0 Å². The Morgan fingerprint density at radius 3 is 2.22 bits per heavy atom. The van der Waals surface area contributed by atoms with Gasteiger partial charge in [-0.3, -0.25) is 19.0 Å². The van der Waals surface area contributed by atoms with E-state index in [1.54, 1.807) is 40.8 Å². The standard InChI is InChI=1S/C19H22N6O2/c1-4-24-11-15(13(3)22-24)18(26)21-16-12-25(5-2)23-17(16)19(27)20-14-9-7-6-8-10-14/h6-12H,4-5H2,1-3H3,(H,20,27)(H,21,26). The zero-order chi connectivity index (χ0) is 19.4. The Bertz CT molecular complexity index is 958. The third-order valence-electron chi connectivity index (χ3n) is 4.10. The van der Waals surface area contributed by atoms with Gasteiger partial charge in [-0.2, -0.15) is 10.2 Å². The number of benzene rings is 1. The molecule has 0 saturated heterocycles. The van der Waals surface area contributed by atoms with E-state index in [0.717, 1.165) is 0 Å². The Kier molecular flexibility index (Phi) is 5.35. The van der Waals surface area contributed by atoms with Crippen LogP contribution in [0.4, 0.5) is 11.4 Å². The van der Waals surface area contributed by atoms with Crippen molar-refractivity contribution in [1.82, 2.24) is 19.6 Å². The molecule has 0 spiro atoms. The SMILES string of the molecule is CCn1cc(C(=O)Nc2cn(CC)nc2C(=O)Nc2ccccc2)c(C)n1. The molecule has 0 radical (unpaired) electrons. The number of para-hydroxylation sites is 1. The van der Waals surface area contributed by atoms with Crippen LogP contribution in [0.1, 0.15) is 40.4 Å². The molecule has 2 aromatic heterocycles. The molecule has 27 heavy (non-hydrogen) atoms. The number of aryl methyl sites for hydroxylation is 3. The summed E-state index contributed by atoms with van der Waals surface area (Å²) < 4.78 is 3.31. The van der Waals surface area contributed by atoms with E-state index < -0.39 is 0 Å². The first-order valence-electron chi connectivity index (χ1n) is 8.81. The molecule has 0 aliphatic carbocycles. The van der Waals surface area contributed by atoms with Gasteiger partial charge in [-0.25, -0.2) is 0 Å². The predicted molar refractivity (Wildman–Crippen MR) is 103 cm³/mol. The molecule has 0 saturated carbocycles. The predicted octanol–water partition coefficient (Wildman–Crippen LogP) is 2.93. The maximum Gasteiger partial charge on any atom is 0.278 e. The first-order valence-corrected chi connectivity index (χ1v) is 8.81. The molecule has 0 bridgehead atoms. The molecule has 1 aromatic carbocycles. The van der Waals surface area contributed by atoms with Crippen LogP contribution in [0.2, 0.25) is 0 Å². The molecule has 0 fully saturated rings. The Hall–Kier alpha value is -3.42. The Labute approximate surface area is 157 Å². The Morgan fingerprint density at radius 2 is 1.59 bits per heavy atom. The van der Waals surface area contributed by atoms with E-state index in [4.69, 9.17) is 0 Å². The van der Waals surface area contributed by atoms with Gasteiger partial charge in [0.05, 0.1) is 16.9 Å². The second kappa shape index (κ2) is 7.86. The quantitative estimate of drug-likeness (QED) is 0.701. The number of nitrogens with zero attached hydrogens (tertiary/aromatic N) is 4. The van der Waals surface area contributed by atoms with Crippen LogP contribution in [0.15, 0.2) is 42.7 Å². The summed E-state index contributed by atoms with van der Waals surface area (Å²) in [5.41, 5.74) is 2.28. The van der Waals surface area contributed by atoms with Gasteiger partial charge in [0.15, 0.2) is 5.69 Å². The molecule has 8 nitrogen and oxygen atoms in total. The molecule has 0 unspecified atom stereocenters. The van der Waals surface area contributed by atoms with Crippen molar-refractivity contribution in [2.45, 2.75) is 33.9 Å². The molecular formula is C19H22N6O2. The fourth-order valence-electron chi connectivity index (χ4n) is 2.65. The van der Waals surface area contributed by atoms with Gasteiger partial charge in [-0.05, 0) is 32.9 Å². The minimum absolute atomic E-state index is 0.162. The Balaban J connectivity index is 1.84. The van der Waals surface area contributed by atoms with Crippen LogP contribution < -0.4 is 10.6 Å². The molecular weight excluding hydrogens is 344 g/mol. The highest BCUT2D eigenvalue weighted by atomic mass is 16.2. The average molecular weight is 366 g/mol. The fraction of sp³-hybridized carbons (Fsp3) is 0.263. The third kappa shape index (κ3) is 4.05. The first kappa shape index (κ1) is 18.4. The van der Waals surface area contributed by atoms with Crippen LogP contribution in [0.3, 0.4) is 0 Å². The number of amides is 2. The summed E-state index contributed by atoms with van der Waals surface area (Å²) in [6.07, 6.45) is 3.34. The van der Waals surface area contributed by atoms with E-state index in [-0.39, 0.29) is 17.5 Å². The largest absolute Gasteiger partial charge is 0.321 e. The summed E-state index contributed by atoms with van der Waals surface area (Å²) in [5, 5.41) is 14.1. The molecule has 2 heterocycles. The van der Waals surface area contributed by atoms with Crippen molar-refractivity contribution in [3.05, 3.63) is 59.7 Å². The van der Waals surface area contributed by atoms with Gasteiger partial charge in [-0.1, -0.05) is 18.2 Å². The molecule has 0 atom stereocenters. The molecule has 0 aliphatic heterocycles. The number of carbonyl (C=O) groups is 2. The smallest absolute Gasteiger partial charge is 0.278 e. The number of nitrogens with one attached hydrogen (secondary N) is 2. The van der Waals surface area contributed by atoms with Crippen molar-refractivity contribution in [1.29, 1.82) is 0 Å². The summed E-state index contributed by atoms with van der Waals surface area (Å²) in [7, 11) is 0. The lowest BCUT2D eigenvalue weighted by molar-refractivity contribution is 0.102. The monoisotopic (exact) mass is 366 g/mol. The molecule has 140 valence electrons. The molecule has 2 amide bonds. The van der Waals surface area contributed by atoms with Gasteiger partial charge in [0, 0.05) is 31.2 Å². The number of aromatic nitrogens is 4. The zero-order valence-electron chi connectivity index (χ0n) is 15.6. The minimum Gasteiger partial charge on any atom is -0.321 e. The van der Waals surface area contributed by atoms with Crippen LogP contribution in [0.25, 0.3) is 0 Å². The van der Waals surface area contributed by atoms with Crippen molar-refractivity contribution < 1.29 is 9.59 Å². The van der Waals surface area contributed by atoms with Gasteiger partial charge < -0.3 is 10.6 Å². The van der Waals surface area contributed by atoms with Gasteiger partial charge in [-0.15, -0.1) is 0 Å². The van der Waals surface area contributed by atoms with Crippen LogP contribution in [0.5, 0.6) is 0 Å². The van der Waals surface area contributed by atoms with E-state index in [0.29, 0.717) is 35.7 Å². The van der Waals surface area contributed by atoms with Crippen LogP contribution in [-0.2, 0) is 13.1 Å². The van der Waals surface area contributed by atoms with Gasteiger partial charge >= 0.3 is 0 Å². The molecule has 3 aromatic rings. The van der Waals surface area contributed by atoms with E-state index in [1.165, 1.54) is 0 Å². The topological polar surface area (TPSA) is 93.8 Å². The van der Waals surface area contributed by atoms with Crippen LogP contribution >= 0.6 is 0 Å². The molecule has 8 heteroatoms. The average Bonchev–Trinajstić information content (AvgIpc) is 3.25. The Morgan fingerprint density at radius 1 is 0.926 bits per heavy atom. The zero-order valence-corrected chi connectivity index (χ0v) is 15.6. The van der Waals surface area contributed by atoms with Gasteiger partial charge in [0.1, 0.15) is 0 Å². The third-order valence-corrected chi connectivity index (χ3v) is 4.10. The highest BCUT2D eigenvalue weighted by Gasteiger charge is 2.21. The van der Waals surface area contributed by atoms with Crippen molar-refractivity contribution >= 4 is 23.2 Å². The van der Waals surface area contributed by atoms with E-state index in [2.05, 4.69) is 20.8 Å². The first-order chi connectivity index (χ1) is 13.0. The maximum atomic E-state index is 12.7. The van der Waals surface area contributed by atoms with E-state index in [9.17, 15) is 9.59 Å². The number of rotatable bonds is 6. The molecule has 3 rings (SSSR count). The van der Waals surface area contributed by atoms with Crippen LogP contribution in [0, 0.1) is 6.92 Å². The second-order valence-electron chi connectivity index (χ2n) is 6.01. The highest BCUT2D eigenvalue weighted by molar-refractivity contribution is 6.11. The number of carbonyl (C=O) groups excluding carboxylic acids is 2. The maximum absolute atomic E-state index is 12.7. The summed E-state index contributed by atoms with van der Waals surface area (Å²) >= 11 is 0. The van der Waals surface area contributed by atoms with E-state index in [1.807, 2.05) is 32.0 Å². The minimum atomic E-state index is -0.385. The summed E-state index contributed by atoms with van der Waals surface area (Å²) in [6, 6.07) is 9.10. The molecule has 2 N–H and O–H groups in total. The lowest BCUT2D eigenvalue weighted by atomic mass is 10.2. The summed E-state index contributed by atoms with van der Waals surface area (Å²) in [5.74, 6) is -0.707. The lowest BCUT2D eigenvalue weighted by Crippen LogP contribution is -2.18. The fourth-order valence-corrected chi connectivity index (χ4v) is 2.65. The van der Waals surface area contributed by atoms with Crippen LogP contribution in [-0.4, -0.2) is 31.4 Å². The molecule has 0 aliphatic rings. The number of anilines is 2. The number of hydrogen-bond acceptors (Lipinski definition) is 4. The summed E-state index contributed by atoms with van der Waals surface area (Å²) in [4.78, 5) is 25.3. The number of hydrogen-bond donors (Lipinski definition) is 2. The summed E-state index contributed by atoms with van der Waals surface area (Å²) in [6.45, 7) is 6.89. The van der Waals surface area contributed by atoms with Gasteiger partial charge in [0.25, 0.3) is 11.8 Å². The van der Waals surface area contributed by atoms with Crippen molar-refractivity contribution in [3.63, 3.8) is 0 Å². The second-order valence-corrected chi connectivity index (χ2v) is 6.01. The van der Waals surface area contributed by atoms with E-state index >= 15 is 0 Å².